The molecule has 0 atom stereocenters. The molecule has 0 radical (unpaired) electrons. The van der Waals surface area contributed by atoms with Crippen LogP contribution in [0.2, 0.25) is 0 Å². The van der Waals surface area contributed by atoms with Crippen LogP contribution in [0.1, 0.15) is 5.56 Å². The van der Waals surface area contributed by atoms with Gasteiger partial charge >= 0.3 is 0 Å². The molecular formula is C10H16N2O2S. The van der Waals surface area contributed by atoms with Gasteiger partial charge in [0.15, 0.2) is 0 Å². The summed E-state index contributed by atoms with van der Waals surface area (Å²) in [5, 5.41) is 0. The molecule has 0 spiro atoms. The van der Waals surface area contributed by atoms with E-state index in [-0.39, 0.29) is 0 Å². The summed E-state index contributed by atoms with van der Waals surface area (Å²) in [4.78, 5) is 2.28. The maximum Gasteiger partial charge on any atom is 0.240 e. The number of nitrogens with zero attached hydrogens (tertiary/aromatic N) is 1. The molecule has 0 aliphatic heterocycles. The minimum absolute atomic E-state index is 0.348. The van der Waals surface area contributed by atoms with Crippen molar-refractivity contribution in [3.05, 3.63) is 29.8 Å². The SMILES string of the molecule is CNS(=O)(=O)c1ccccc1CN(C)C. The number of rotatable bonds is 4. The molecule has 1 aromatic rings. The number of sulfonamides is 1. The van der Waals surface area contributed by atoms with Gasteiger partial charge in [0.1, 0.15) is 0 Å². The lowest BCUT2D eigenvalue weighted by molar-refractivity contribution is 0.398. The lowest BCUT2D eigenvalue weighted by atomic mass is 10.2. The Hall–Kier alpha value is -0.910. The molecule has 84 valence electrons. The molecule has 0 amide bonds. The summed E-state index contributed by atoms with van der Waals surface area (Å²) in [5.74, 6) is 0. The van der Waals surface area contributed by atoms with E-state index in [4.69, 9.17) is 0 Å². The summed E-state index contributed by atoms with van der Waals surface area (Å²) in [7, 11) is 1.88. The van der Waals surface area contributed by atoms with Gasteiger partial charge < -0.3 is 4.90 Å². The van der Waals surface area contributed by atoms with Gasteiger partial charge in [-0.25, -0.2) is 13.1 Å². The Labute approximate surface area is 91.0 Å². The van der Waals surface area contributed by atoms with Gasteiger partial charge in [-0.2, -0.15) is 0 Å². The molecular weight excluding hydrogens is 212 g/mol. The Balaban J connectivity index is 3.18. The van der Waals surface area contributed by atoms with Gasteiger partial charge in [-0.15, -0.1) is 0 Å². The van der Waals surface area contributed by atoms with Crippen LogP contribution < -0.4 is 4.72 Å². The summed E-state index contributed by atoms with van der Waals surface area (Å²) < 4.78 is 25.7. The van der Waals surface area contributed by atoms with Crippen LogP contribution in [-0.2, 0) is 16.6 Å². The first-order chi connectivity index (χ1) is 6.97. The maximum atomic E-state index is 11.7. The van der Waals surface area contributed by atoms with E-state index in [2.05, 4.69) is 4.72 Å². The van der Waals surface area contributed by atoms with Gasteiger partial charge in [-0.05, 0) is 32.8 Å². The quantitative estimate of drug-likeness (QED) is 0.823. The molecule has 4 nitrogen and oxygen atoms in total. The number of hydrogen-bond donors (Lipinski definition) is 1. The zero-order valence-corrected chi connectivity index (χ0v) is 10.0. The molecule has 1 N–H and O–H groups in total. The van der Waals surface area contributed by atoms with Crippen molar-refractivity contribution in [2.45, 2.75) is 11.4 Å². The molecule has 0 saturated carbocycles. The second-order valence-electron chi connectivity index (χ2n) is 3.55. The van der Waals surface area contributed by atoms with E-state index in [1.807, 2.05) is 31.1 Å². The lowest BCUT2D eigenvalue weighted by Gasteiger charge is -2.13. The van der Waals surface area contributed by atoms with Gasteiger partial charge in [0.2, 0.25) is 10.0 Å². The summed E-state index contributed by atoms with van der Waals surface area (Å²) in [6.45, 7) is 0.608. The predicted molar refractivity (Wildman–Crippen MR) is 60.1 cm³/mol. The number of benzene rings is 1. The Morgan fingerprint density at radius 3 is 2.40 bits per heavy atom. The van der Waals surface area contributed by atoms with E-state index >= 15 is 0 Å². The van der Waals surface area contributed by atoms with Crippen molar-refractivity contribution in [3.8, 4) is 0 Å². The molecule has 1 rings (SSSR count). The van der Waals surface area contributed by atoms with Crippen molar-refractivity contribution in [3.63, 3.8) is 0 Å². The molecule has 1 aromatic carbocycles. The molecule has 0 bridgehead atoms. The second-order valence-corrected chi connectivity index (χ2v) is 5.41. The van der Waals surface area contributed by atoms with Crippen LogP contribution in [-0.4, -0.2) is 34.5 Å². The van der Waals surface area contributed by atoms with Crippen LogP contribution in [0.4, 0.5) is 0 Å². The molecule has 0 fully saturated rings. The zero-order valence-electron chi connectivity index (χ0n) is 9.19. The molecule has 5 heteroatoms. The van der Waals surface area contributed by atoms with Crippen LogP contribution >= 0.6 is 0 Å². The van der Waals surface area contributed by atoms with Crippen LogP contribution in [0, 0.1) is 0 Å². The minimum Gasteiger partial charge on any atom is -0.305 e. The fourth-order valence-corrected chi connectivity index (χ4v) is 2.30. The highest BCUT2D eigenvalue weighted by Crippen LogP contribution is 2.15. The van der Waals surface area contributed by atoms with Crippen LogP contribution in [0.5, 0.6) is 0 Å². The third-order valence-electron chi connectivity index (χ3n) is 2.02. The van der Waals surface area contributed by atoms with Crippen molar-refractivity contribution < 1.29 is 8.42 Å². The van der Waals surface area contributed by atoms with Gasteiger partial charge in [0.05, 0.1) is 4.90 Å². The van der Waals surface area contributed by atoms with E-state index in [0.717, 1.165) is 5.56 Å². The van der Waals surface area contributed by atoms with Gasteiger partial charge in [0.25, 0.3) is 0 Å². The summed E-state index contributed by atoms with van der Waals surface area (Å²) in [5.41, 5.74) is 0.803. The fourth-order valence-electron chi connectivity index (χ4n) is 1.35. The fraction of sp³-hybridized carbons (Fsp3) is 0.400. The molecule has 0 aliphatic rings. The lowest BCUT2D eigenvalue weighted by Crippen LogP contribution is -2.22. The first kappa shape index (κ1) is 12.2. The Morgan fingerprint density at radius 1 is 1.27 bits per heavy atom. The highest BCUT2D eigenvalue weighted by molar-refractivity contribution is 7.89. The summed E-state index contributed by atoms with van der Waals surface area (Å²) >= 11 is 0. The third-order valence-corrected chi connectivity index (χ3v) is 3.53. The van der Waals surface area contributed by atoms with Crippen LogP contribution in [0.3, 0.4) is 0 Å². The first-order valence-electron chi connectivity index (χ1n) is 4.63. The molecule has 15 heavy (non-hydrogen) atoms. The normalized spacial score (nSPS) is 12.0. The highest BCUT2D eigenvalue weighted by Gasteiger charge is 2.15. The predicted octanol–water partition coefficient (Wildman–Crippen LogP) is 0.656. The Bertz CT molecular complexity index is 427. The van der Waals surface area contributed by atoms with E-state index in [0.29, 0.717) is 11.4 Å². The van der Waals surface area contributed by atoms with Crippen LogP contribution in [0.25, 0.3) is 0 Å². The van der Waals surface area contributed by atoms with Crippen molar-refractivity contribution >= 4 is 10.0 Å². The van der Waals surface area contributed by atoms with E-state index in [1.54, 1.807) is 12.1 Å². The highest BCUT2D eigenvalue weighted by atomic mass is 32.2. The van der Waals surface area contributed by atoms with Crippen molar-refractivity contribution in [2.75, 3.05) is 21.1 Å². The first-order valence-corrected chi connectivity index (χ1v) is 6.12. The molecule has 0 aromatic heterocycles. The zero-order chi connectivity index (χ0) is 11.5. The van der Waals surface area contributed by atoms with Crippen molar-refractivity contribution in [1.82, 2.24) is 9.62 Å². The number of nitrogens with one attached hydrogen (secondary N) is 1. The molecule has 0 aliphatic carbocycles. The maximum absolute atomic E-state index is 11.7. The third kappa shape index (κ3) is 3.02. The number of hydrogen-bond acceptors (Lipinski definition) is 3. The molecule has 0 saturated heterocycles. The van der Waals surface area contributed by atoms with Gasteiger partial charge in [-0.1, -0.05) is 18.2 Å². The molecule has 0 unspecified atom stereocenters. The van der Waals surface area contributed by atoms with Crippen molar-refractivity contribution in [1.29, 1.82) is 0 Å². The van der Waals surface area contributed by atoms with E-state index < -0.39 is 10.0 Å². The average molecular weight is 228 g/mol. The Kier molecular flexibility index (Phi) is 3.84. The van der Waals surface area contributed by atoms with E-state index in [9.17, 15) is 8.42 Å². The average Bonchev–Trinajstić information content (AvgIpc) is 2.17. The van der Waals surface area contributed by atoms with Crippen molar-refractivity contribution in [2.24, 2.45) is 0 Å². The van der Waals surface area contributed by atoms with Gasteiger partial charge in [-0.3, -0.25) is 0 Å². The standard InChI is InChI=1S/C10H16N2O2S/c1-11-15(13,14)10-7-5-4-6-9(10)8-12(2)3/h4-7,11H,8H2,1-3H3. The Morgan fingerprint density at radius 2 is 1.87 bits per heavy atom. The molecule has 0 heterocycles. The minimum atomic E-state index is -3.35. The second kappa shape index (κ2) is 4.74. The monoisotopic (exact) mass is 228 g/mol. The summed E-state index contributed by atoms with van der Waals surface area (Å²) in [6.07, 6.45) is 0. The smallest absolute Gasteiger partial charge is 0.240 e. The van der Waals surface area contributed by atoms with E-state index in [1.165, 1.54) is 7.05 Å². The summed E-state index contributed by atoms with van der Waals surface area (Å²) in [6, 6.07) is 7.01. The largest absolute Gasteiger partial charge is 0.305 e. The van der Waals surface area contributed by atoms with Gasteiger partial charge in [0, 0.05) is 6.54 Å². The van der Waals surface area contributed by atoms with Crippen LogP contribution in [0.15, 0.2) is 29.2 Å². The topological polar surface area (TPSA) is 49.4 Å².